The van der Waals surface area contributed by atoms with Crippen LogP contribution in [0.2, 0.25) is 0 Å². The van der Waals surface area contributed by atoms with Gasteiger partial charge in [0.25, 0.3) is 0 Å². The van der Waals surface area contributed by atoms with Crippen LogP contribution in [0.5, 0.6) is 0 Å². The summed E-state index contributed by atoms with van der Waals surface area (Å²) in [4.78, 5) is 4.37. The highest BCUT2D eigenvalue weighted by Crippen LogP contribution is 2.31. The van der Waals surface area contributed by atoms with Crippen LogP contribution in [0.4, 0.5) is 0 Å². The van der Waals surface area contributed by atoms with Crippen LogP contribution in [0.25, 0.3) is 22.5 Å². The van der Waals surface area contributed by atoms with E-state index in [2.05, 4.69) is 60.3 Å². The first kappa shape index (κ1) is 12.6. The summed E-state index contributed by atoms with van der Waals surface area (Å²) in [5.41, 5.74) is 6.06. The van der Waals surface area contributed by atoms with E-state index in [-0.39, 0.29) is 0 Å². The van der Waals surface area contributed by atoms with Crippen molar-refractivity contribution < 1.29 is 0 Å². The van der Waals surface area contributed by atoms with Gasteiger partial charge < -0.3 is 0 Å². The van der Waals surface area contributed by atoms with E-state index in [9.17, 15) is 0 Å². The Morgan fingerprint density at radius 2 is 1.55 bits per heavy atom. The SMILES string of the molecule is Cc1cc(C)cc(-c2ccccc2-c2ncnn2C)c1. The minimum Gasteiger partial charge on any atom is -0.249 e. The Hall–Kier alpha value is -2.42. The van der Waals surface area contributed by atoms with Crippen molar-refractivity contribution in [3.63, 3.8) is 0 Å². The number of hydrogen-bond acceptors (Lipinski definition) is 2. The summed E-state index contributed by atoms with van der Waals surface area (Å²) in [5.74, 6) is 0.889. The molecule has 3 nitrogen and oxygen atoms in total. The van der Waals surface area contributed by atoms with Gasteiger partial charge in [0.05, 0.1) is 0 Å². The molecule has 0 aliphatic heterocycles. The highest BCUT2D eigenvalue weighted by Gasteiger charge is 2.11. The van der Waals surface area contributed by atoms with E-state index >= 15 is 0 Å². The van der Waals surface area contributed by atoms with Crippen molar-refractivity contribution >= 4 is 0 Å². The molecule has 3 rings (SSSR count). The topological polar surface area (TPSA) is 30.7 Å². The number of benzene rings is 2. The van der Waals surface area contributed by atoms with Crippen LogP contribution in [0, 0.1) is 13.8 Å². The molecule has 3 aromatic rings. The third kappa shape index (κ3) is 2.23. The fraction of sp³-hybridized carbons (Fsp3) is 0.176. The largest absolute Gasteiger partial charge is 0.249 e. The maximum atomic E-state index is 4.37. The highest BCUT2D eigenvalue weighted by atomic mass is 15.3. The average molecular weight is 263 g/mol. The molecule has 0 N–H and O–H groups in total. The van der Waals surface area contributed by atoms with E-state index in [0.29, 0.717) is 0 Å². The second kappa shape index (κ2) is 4.93. The first-order valence-electron chi connectivity index (χ1n) is 6.67. The number of aryl methyl sites for hydroxylation is 3. The molecule has 0 saturated carbocycles. The molecular formula is C17H17N3. The average Bonchev–Trinajstić information content (AvgIpc) is 2.84. The number of aromatic nitrogens is 3. The maximum absolute atomic E-state index is 4.37. The van der Waals surface area contributed by atoms with Crippen LogP contribution in [0.3, 0.4) is 0 Å². The Morgan fingerprint density at radius 3 is 2.15 bits per heavy atom. The lowest BCUT2D eigenvalue weighted by molar-refractivity contribution is 0.775. The van der Waals surface area contributed by atoms with Crippen molar-refractivity contribution in [3.05, 3.63) is 59.9 Å². The first-order chi connectivity index (χ1) is 9.65. The lowest BCUT2D eigenvalue weighted by atomic mass is 9.96. The minimum absolute atomic E-state index is 0.889. The normalized spacial score (nSPS) is 10.8. The van der Waals surface area contributed by atoms with E-state index < -0.39 is 0 Å². The van der Waals surface area contributed by atoms with Gasteiger partial charge in [-0.1, -0.05) is 53.6 Å². The molecule has 0 atom stereocenters. The van der Waals surface area contributed by atoms with Crippen LogP contribution in [-0.4, -0.2) is 14.8 Å². The molecular weight excluding hydrogens is 246 g/mol. The zero-order valence-corrected chi connectivity index (χ0v) is 12.0. The van der Waals surface area contributed by atoms with Crippen molar-refractivity contribution in [1.82, 2.24) is 14.8 Å². The number of hydrogen-bond donors (Lipinski definition) is 0. The van der Waals surface area contributed by atoms with Gasteiger partial charge in [-0.3, -0.25) is 0 Å². The molecule has 2 aromatic carbocycles. The molecule has 0 fully saturated rings. The highest BCUT2D eigenvalue weighted by molar-refractivity contribution is 5.81. The molecule has 100 valence electrons. The molecule has 0 radical (unpaired) electrons. The predicted molar refractivity (Wildman–Crippen MR) is 81.3 cm³/mol. The lowest BCUT2D eigenvalue weighted by Crippen LogP contribution is -1.96. The molecule has 3 heteroatoms. The van der Waals surface area contributed by atoms with Gasteiger partial charge >= 0.3 is 0 Å². The van der Waals surface area contributed by atoms with Crippen LogP contribution < -0.4 is 0 Å². The molecule has 0 bridgehead atoms. The summed E-state index contributed by atoms with van der Waals surface area (Å²) < 4.78 is 1.81. The van der Waals surface area contributed by atoms with Crippen molar-refractivity contribution in [2.45, 2.75) is 13.8 Å². The summed E-state index contributed by atoms with van der Waals surface area (Å²) in [6.07, 6.45) is 1.59. The van der Waals surface area contributed by atoms with E-state index in [1.54, 1.807) is 6.33 Å². The maximum Gasteiger partial charge on any atom is 0.158 e. The Bertz CT molecular complexity index is 736. The molecule has 0 aliphatic rings. The summed E-state index contributed by atoms with van der Waals surface area (Å²) in [7, 11) is 1.92. The van der Waals surface area contributed by atoms with E-state index in [4.69, 9.17) is 0 Å². The summed E-state index contributed by atoms with van der Waals surface area (Å²) in [6.45, 7) is 4.25. The second-order valence-electron chi connectivity index (χ2n) is 5.13. The van der Waals surface area contributed by atoms with Crippen molar-refractivity contribution in [1.29, 1.82) is 0 Å². The Labute approximate surface area is 118 Å². The van der Waals surface area contributed by atoms with Gasteiger partial charge in [-0.25, -0.2) is 9.67 Å². The Morgan fingerprint density at radius 1 is 0.900 bits per heavy atom. The smallest absolute Gasteiger partial charge is 0.158 e. The second-order valence-corrected chi connectivity index (χ2v) is 5.13. The van der Waals surface area contributed by atoms with Crippen molar-refractivity contribution in [2.75, 3.05) is 0 Å². The molecule has 1 aromatic heterocycles. The zero-order chi connectivity index (χ0) is 14.1. The lowest BCUT2D eigenvalue weighted by Gasteiger charge is -2.10. The number of nitrogens with zero attached hydrogens (tertiary/aromatic N) is 3. The summed E-state index contributed by atoms with van der Waals surface area (Å²) in [6, 6.07) is 14.9. The monoisotopic (exact) mass is 263 g/mol. The molecule has 0 spiro atoms. The zero-order valence-electron chi connectivity index (χ0n) is 12.0. The Balaban J connectivity index is 2.22. The third-order valence-corrected chi connectivity index (χ3v) is 3.41. The standard InChI is InChI=1S/C17H17N3/c1-12-8-13(2)10-14(9-12)15-6-4-5-7-16(15)17-18-11-19-20(17)3/h4-11H,1-3H3. The molecule has 20 heavy (non-hydrogen) atoms. The van der Waals surface area contributed by atoms with Crippen LogP contribution >= 0.6 is 0 Å². The first-order valence-corrected chi connectivity index (χ1v) is 6.67. The molecule has 0 aliphatic carbocycles. The van der Waals surface area contributed by atoms with Gasteiger partial charge in [0, 0.05) is 12.6 Å². The van der Waals surface area contributed by atoms with Crippen molar-refractivity contribution in [3.8, 4) is 22.5 Å². The predicted octanol–water partition coefficient (Wildman–Crippen LogP) is 3.77. The van der Waals surface area contributed by atoms with Gasteiger partial charge in [0.15, 0.2) is 5.82 Å². The fourth-order valence-corrected chi connectivity index (χ4v) is 2.60. The quantitative estimate of drug-likeness (QED) is 0.704. The summed E-state index contributed by atoms with van der Waals surface area (Å²) in [5, 5.41) is 4.17. The van der Waals surface area contributed by atoms with Gasteiger partial charge in [-0.05, 0) is 25.0 Å². The van der Waals surface area contributed by atoms with Gasteiger partial charge in [0.2, 0.25) is 0 Å². The molecule has 1 heterocycles. The Kier molecular flexibility index (Phi) is 3.11. The molecule has 0 unspecified atom stereocenters. The van der Waals surface area contributed by atoms with Crippen molar-refractivity contribution in [2.24, 2.45) is 7.05 Å². The van der Waals surface area contributed by atoms with Crippen LogP contribution in [0.1, 0.15) is 11.1 Å². The molecule has 0 saturated heterocycles. The summed E-state index contributed by atoms with van der Waals surface area (Å²) >= 11 is 0. The van der Waals surface area contributed by atoms with Crippen LogP contribution in [-0.2, 0) is 7.05 Å². The van der Waals surface area contributed by atoms with Gasteiger partial charge in [-0.2, -0.15) is 5.10 Å². The van der Waals surface area contributed by atoms with E-state index in [1.165, 1.54) is 22.3 Å². The van der Waals surface area contributed by atoms with Crippen LogP contribution in [0.15, 0.2) is 48.8 Å². The number of rotatable bonds is 2. The van der Waals surface area contributed by atoms with Gasteiger partial charge in [-0.15, -0.1) is 0 Å². The third-order valence-electron chi connectivity index (χ3n) is 3.41. The fourth-order valence-electron chi connectivity index (χ4n) is 2.60. The molecule has 0 amide bonds. The minimum atomic E-state index is 0.889. The van der Waals surface area contributed by atoms with E-state index in [1.807, 2.05) is 17.8 Å². The van der Waals surface area contributed by atoms with Gasteiger partial charge in [0.1, 0.15) is 6.33 Å². The van der Waals surface area contributed by atoms with E-state index in [0.717, 1.165) is 11.4 Å².